The molecule has 212 valence electrons. The zero-order chi connectivity index (χ0) is 28.7. The van der Waals surface area contributed by atoms with Crippen LogP contribution < -0.4 is 4.74 Å². The molecular weight excluding hydrogens is 539 g/mol. The Labute approximate surface area is 209 Å². The maximum absolute atomic E-state index is 13.8. The molecule has 1 saturated heterocycles. The number of hydrogen-bond donors (Lipinski definition) is 2. The molecule has 2 fully saturated rings. The number of hydrogen-bond acceptors (Lipinski definition) is 8. The molecule has 1 aliphatic carbocycles. The maximum atomic E-state index is 13.8. The molecule has 1 saturated carbocycles. The van der Waals surface area contributed by atoms with Gasteiger partial charge in [0, 0.05) is 31.4 Å². The molecule has 0 spiro atoms. The molecule has 1 aliphatic heterocycles. The SMILES string of the molecule is Cc1cc(CN2CCO[C@H]3[C@@H](Oc4ncccc4F)CC[C@@H]32)no1.O=C(O)C(F)(F)F.O=C(O)C(F)(F)F. The lowest BCUT2D eigenvalue weighted by atomic mass is 10.1. The van der Waals surface area contributed by atoms with Gasteiger partial charge in [-0.25, -0.2) is 19.0 Å². The van der Waals surface area contributed by atoms with E-state index in [4.69, 9.17) is 33.8 Å². The van der Waals surface area contributed by atoms with Crippen LogP contribution in [0.1, 0.15) is 24.3 Å². The van der Waals surface area contributed by atoms with Crippen LogP contribution in [0.3, 0.4) is 0 Å². The van der Waals surface area contributed by atoms with Crippen LogP contribution in [-0.4, -0.2) is 80.9 Å². The first-order valence-corrected chi connectivity index (χ1v) is 10.7. The normalized spacial score (nSPS) is 21.3. The monoisotopic (exact) mass is 561 g/mol. The van der Waals surface area contributed by atoms with E-state index in [-0.39, 0.29) is 24.1 Å². The fourth-order valence-corrected chi connectivity index (χ4v) is 3.62. The number of alkyl halides is 6. The molecule has 3 atom stereocenters. The summed E-state index contributed by atoms with van der Waals surface area (Å²) in [5.74, 6) is -5.09. The van der Waals surface area contributed by atoms with Gasteiger partial charge < -0.3 is 24.2 Å². The second-order valence-corrected chi connectivity index (χ2v) is 7.93. The third kappa shape index (κ3) is 9.13. The minimum atomic E-state index is -5.08. The standard InChI is InChI=1S/C17H20FN3O3.2C2HF3O2/c1-11-9-12(20-24-11)10-21-7-8-22-16-14(21)4-5-15(16)23-17-13(18)3-2-6-19-17;2*3-2(4,5)1(6)7/h2-3,6,9,14-16H,4-5,7-8,10H2,1H3;2*(H,6,7)/t14-,15-,16+;;/m0../s1. The number of pyridine rings is 1. The predicted octanol–water partition coefficient (Wildman–Crippen LogP) is 3.59. The van der Waals surface area contributed by atoms with E-state index in [1.54, 1.807) is 6.07 Å². The van der Waals surface area contributed by atoms with Crippen LogP contribution in [0.15, 0.2) is 28.9 Å². The van der Waals surface area contributed by atoms with E-state index in [1.807, 2.05) is 13.0 Å². The first-order chi connectivity index (χ1) is 17.6. The zero-order valence-corrected chi connectivity index (χ0v) is 19.5. The molecule has 0 aromatic carbocycles. The number of aliphatic carboxylic acids is 2. The van der Waals surface area contributed by atoms with Crippen LogP contribution in [0, 0.1) is 12.7 Å². The van der Waals surface area contributed by atoms with Gasteiger partial charge in [0.1, 0.15) is 18.0 Å². The number of fused-ring (bicyclic) bond motifs is 1. The van der Waals surface area contributed by atoms with Crippen LogP contribution >= 0.6 is 0 Å². The number of ether oxygens (including phenoxy) is 2. The van der Waals surface area contributed by atoms with Gasteiger partial charge in [-0.3, -0.25) is 4.90 Å². The highest BCUT2D eigenvalue weighted by Crippen LogP contribution is 2.33. The van der Waals surface area contributed by atoms with Crippen molar-refractivity contribution in [1.29, 1.82) is 0 Å². The Morgan fingerprint density at radius 1 is 1.13 bits per heavy atom. The van der Waals surface area contributed by atoms with Gasteiger partial charge in [-0.2, -0.15) is 26.3 Å². The van der Waals surface area contributed by atoms with E-state index in [0.717, 1.165) is 37.4 Å². The van der Waals surface area contributed by atoms with Crippen LogP contribution in [0.4, 0.5) is 30.7 Å². The summed E-state index contributed by atoms with van der Waals surface area (Å²) < 4.78 is 94.1. The van der Waals surface area contributed by atoms with Gasteiger partial charge in [0.25, 0.3) is 5.88 Å². The van der Waals surface area contributed by atoms with E-state index in [9.17, 15) is 30.7 Å². The fourth-order valence-electron chi connectivity index (χ4n) is 3.62. The second-order valence-electron chi connectivity index (χ2n) is 7.93. The number of aromatic nitrogens is 2. The van der Waals surface area contributed by atoms with Crippen LogP contribution in [0.25, 0.3) is 0 Å². The lowest BCUT2D eigenvalue weighted by Crippen LogP contribution is -2.51. The summed E-state index contributed by atoms with van der Waals surface area (Å²) in [5.41, 5.74) is 0.924. The number of carbonyl (C=O) groups is 2. The van der Waals surface area contributed by atoms with Gasteiger partial charge in [0.2, 0.25) is 0 Å². The Morgan fingerprint density at radius 2 is 1.74 bits per heavy atom. The number of halogens is 7. The largest absolute Gasteiger partial charge is 0.490 e. The quantitative estimate of drug-likeness (QED) is 0.533. The number of morpholine rings is 1. The van der Waals surface area contributed by atoms with Crippen LogP contribution in [0.2, 0.25) is 0 Å². The molecule has 10 nitrogen and oxygen atoms in total. The summed E-state index contributed by atoms with van der Waals surface area (Å²) in [6.07, 6.45) is -7.12. The summed E-state index contributed by atoms with van der Waals surface area (Å²) in [4.78, 5) is 24.1. The van der Waals surface area contributed by atoms with E-state index >= 15 is 0 Å². The Kier molecular flexibility index (Phi) is 10.4. The smallest absolute Gasteiger partial charge is 0.475 e. The van der Waals surface area contributed by atoms with Crippen LogP contribution in [-0.2, 0) is 20.9 Å². The number of rotatable bonds is 4. The van der Waals surface area contributed by atoms with Crippen molar-refractivity contribution in [3.8, 4) is 5.88 Å². The van der Waals surface area contributed by atoms with Gasteiger partial charge in [-0.15, -0.1) is 0 Å². The van der Waals surface area contributed by atoms with Gasteiger partial charge in [-0.05, 0) is 31.9 Å². The number of carboxylic acid groups (broad SMARTS) is 2. The molecule has 0 unspecified atom stereocenters. The molecule has 2 aliphatic rings. The summed E-state index contributed by atoms with van der Waals surface area (Å²) in [6.45, 7) is 4.09. The van der Waals surface area contributed by atoms with Crippen molar-refractivity contribution in [2.75, 3.05) is 13.2 Å². The highest BCUT2D eigenvalue weighted by atomic mass is 19.4. The predicted molar refractivity (Wildman–Crippen MR) is 110 cm³/mol. The topological polar surface area (TPSA) is 135 Å². The Bertz CT molecular complexity index is 1050. The average Bonchev–Trinajstić information content (AvgIpc) is 3.41. The van der Waals surface area contributed by atoms with Crippen molar-refractivity contribution >= 4 is 11.9 Å². The molecule has 38 heavy (non-hydrogen) atoms. The highest BCUT2D eigenvalue weighted by Gasteiger charge is 2.44. The van der Waals surface area contributed by atoms with Gasteiger partial charge in [0.05, 0.1) is 12.3 Å². The fraction of sp³-hybridized carbons (Fsp3) is 0.524. The van der Waals surface area contributed by atoms with Crippen molar-refractivity contribution in [2.24, 2.45) is 0 Å². The molecule has 3 heterocycles. The molecular formula is C21H22F7N3O7. The first kappa shape index (κ1) is 30.8. The van der Waals surface area contributed by atoms with E-state index in [0.29, 0.717) is 6.61 Å². The zero-order valence-electron chi connectivity index (χ0n) is 19.5. The van der Waals surface area contributed by atoms with Gasteiger partial charge in [-0.1, -0.05) is 5.16 Å². The van der Waals surface area contributed by atoms with E-state index in [2.05, 4.69) is 15.0 Å². The maximum Gasteiger partial charge on any atom is 0.490 e. The average molecular weight is 561 g/mol. The number of nitrogens with zero attached hydrogens (tertiary/aromatic N) is 3. The number of aryl methyl sites for hydroxylation is 1. The lowest BCUT2D eigenvalue weighted by Gasteiger charge is -2.38. The van der Waals surface area contributed by atoms with Crippen molar-refractivity contribution in [3.63, 3.8) is 0 Å². The summed E-state index contributed by atoms with van der Waals surface area (Å²) in [7, 11) is 0. The van der Waals surface area contributed by atoms with Gasteiger partial charge in [0.15, 0.2) is 5.82 Å². The van der Waals surface area contributed by atoms with Gasteiger partial charge >= 0.3 is 24.3 Å². The third-order valence-corrected chi connectivity index (χ3v) is 5.17. The van der Waals surface area contributed by atoms with Crippen molar-refractivity contribution in [3.05, 3.63) is 41.7 Å². The Balaban J connectivity index is 0.000000301. The summed E-state index contributed by atoms with van der Waals surface area (Å²) >= 11 is 0. The third-order valence-electron chi connectivity index (χ3n) is 5.17. The molecule has 2 aromatic heterocycles. The molecule has 17 heteroatoms. The summed E-state index contributed by atoms with van der Waals surface area (Å²) in [5, 5.41) is 18.3. The summed E-state index contributed by atoms with van der Waals surface area (Å²) in [6, 6.07) is 5.11. The van der Waals surface area contributed by atoms with Crippen molar-refractivity contribution in [2.45, 2.75) is 56.9 Å². The highest BCUT2D eigenvalue weighted by molar-refractivity contribution is 5.73. The molecule has 0 bridgehead atoms. The first-order valence-electron chi connectivity index (χ1n) is 10.7. The lowest BCUT2D eigenvalue weighted by molar-refractivity contribution is -0.193. The number of carboxylic acids is 2. The Hall–Kier alpha value is -3.47. The molecule has 0 amide bonds. The van der Waals surface area contributed by atoms with Crippen molar-refractivity contribution in [1.82, 2.24) is 15.0 Å². The molecule has 2 N–H and O–H groups in total. The molecule has 2 aromatic rings. The van der Waals surface area contributed by atoms with Crippen molar-refractivity contribution < 1.29 is 64.5 Å². The minimum absolute atomic E-state index is 0.0519. The van der Waals surface area contributed by atoms with Crippen LogP contribution in [0.5, 0.6) is 5.88 Å². The minimum Gasteiger partial charge on any atom is -0.475 e. The van der Waals surface area contributed by atoms with E-state index < -0.39 is 30.1 Å². The molecule has 0 radical (unpaired) electrons. The second kappa shape index (κ2) is 12.9. The molecule has 4 rings (SSSR count). The Morgan fingerprint density at radius 3 is 2.24 bits per heavy atom. The van der Waals surface area contributed by atoms with E-state index in [1.165, 1.54) is 12.3 Å².